The van der Waals surface area contributed by atoms with E-state index in [1.165, 1.54) is 12.3 Å². The molecule has 2 heterocycles. The summed E-state index contributed by atoms with van der Waals surface area (Å²) in [6.45, 7) is 0.494. The minimum absolute atomic E-state index is 0.0414. The predicted molar refractivity (Wildman–Crippen MR) is 62.9 cm³/mol. The molecule has 100 valence electrons. The van der Waals surface area contributed by atoms with E-state index in [4.69, 9.17) is 0 Å². The Morgan fingerprint density at radius 2 is 2.28 bits per heavy atom. The van der Waals surface area contributed by atoms with E-state index in [9.17, 15) is 13.9 Å². The summed E-state index contributed by atoms with van der Waals surface area (Å²) in [5, 5.41) is 9.79. The summed E-state index contributed by atoms with van der Waals surface area (Å²) in [6.07, 6.45) is 1.78. The molecule has 0 aromatic carbocycles. The number of aliphatic hydroxyl groups is 1. The number of hydrogen-bond acceptors (Lipinski definition) is 4. The van der Waals surface area contributed by atoms with Gasteiger partial charge in [-0.1, -0.05) is 6.92 Å². The fourth-order valence-electron chi connectivity index (χ4n) is 1.99. The highest BCUT2D eigenvalue weighted by Crippen LogP contribution is 2.23. The fourth-order valence-corrected chi connectivity index (χ4v) is 1.99. The minimum atomic E-state index is -2.84. The lowest BCUT2D eigenvalue weighted by molar-refractivity contribution is -0.0500. The van der Waals surface area contributed by atoms with Crippen molar-refractivity contribution < 1.29 is 18.6 Å². The zero-order valence-corrected chi connectivity index (χ0v) is 10.1. The first-order chi connectivity index (χ1) is 8.56. The van der Waals surface area contributed by atoms with Gasteiger partial charge >= 0.3 is 6.61 Å². The number of halogens is 2. The van der Waals surface area contributed by atoms with E-state index >= 15 is 0 Å². The first kappa shape index (κ1) is 13.0. The van der Waals surface area contributed by atoms with Crippen molar-refractivity contribution in [2.75, 3.05) is 18.0 Å². The molecule has 6 heteroatoms. The summed E-state index contributed by atoms with van der Waals surface area (Å²) < 4.78 is 28.2. The van der Waals surface area contributed by atoms with E-state index in [2.05, 4.69) is 9.72 Å². The van der Waals surface area contributed by atoms with E-state index in [-0.39, 0.29) is 17.8 Å². The van der Waals surface area contributed by atoms with Crippen LogP contribution >= 0.6 is 0 Å². The van der Waals surface area contributed by atoms with Crippen LogP contribution in [0.2, 0.25) is 0 Å². The van der Waals surface area contributed by atoms with E-state index in [0.717, 1.165) is 13.0 Å². The molecule has 0 spiro atoms. The lowest BCUT2D eigenvalue weighted by Gasteiger charge is -2.35. The molecule has 0 saturated carbocycles. The Labute approximate surface area is 104 Å². The minimum Gasteiger partial charge on any atom is -0.433 e. The Kier molecular flexibility index (Phi) is 3.96. The average molecular weight is 258 g/mol. The third-order valence-corrected chi connectivity index (χ3v) is 3.19. The number of piperidine rings is 1. The van der Waals surface area contributed by atoms with Crippen molar-refractivity contribution in [3.05, 3.63) is 18.3 Å². The van der Waals surface area contributed by atoms with Crippen LogP contribution in [0.15, 0.2) is 18.3 Å². The van der Waals surface area contributed by atoms with Crippen molar-refractivity contribution in [3.63, 3.8) is 0 Å². The molecule has 0 amide bonds. The Bertz CT molecular complexity index is 386. The van der Waals surface area contributed by atoms with Crippen LogP contribution in [0.5, 0.6) is 5.75 Å². The normalized spacial score (nSPS) is 24.4. The van der Waals surface area contributed by atoms with Crippen molar-refractivity contribution >= 4 is 5.82 Å². The molecule has 1 aliphatic rings. The highest BCUT2D eigenvalue weighted by molar-refractivity contribution is 5.41. The second-order valence-electron chi connectivity index (χ2n) is 4.51. The molecule has 2 atom stereocenters. The van der Waals surface area contributed by atoms with Crippen molar-refractivity contribution in [2.24, 2.45) is 5.92 Å². The van der Waals surface area contributed by atoms with Gasteiger partial charge in [-0.15, -0.1) is 0 Å². The van der Waals surface area contributed by atoms with Gasteiger partial charge in [0.25, 0.3) is 0 Å². The van der Waals surface area contributed by atoms with Crippen LogP contribution in [-0.4, -0.2) is 35.9 Å². The highest BCUT2D eigenvalue weighted by Gasteiger charge is 2.24. The summed E-state index contributed by atoms with van der Waals surface area (Å²) in [5.41, 5.74) is 0. The van der Waals surface area contributed by atoms with Crippen molar-refractivity contribution in [1.82, 2.24) is 4.98 Å². The number of nitrogens with zero attached hydrogens (tertiary/aromatic N) is 2. The maximum absolute atomic E-state index is 12.0. The lowest BCUT2D eigenvalue weighted by atomic mass is 9.96. The number of aliphatic hydroxyl groups excluding tert-OH is 1. The average Bonchev–Trinajstić information content (AvgIpc) is 2.33. The number of rotatable bonds is 3. The van der Waals surface area contributed by atoms with Crippen LogP contribution < -0.4 is 9.64 Å². The highest BCUT2D eigenvalue weighted by atomic mass is 19.3. The van der Waals surface area contributed by atoms with E-state index in [1.807, 2.05) is 11.8 Å². The zero-order valence-electron chi connectivity index (χ0n) is 10.1. The van der Waals surface area contributed by atoms with Gasteiger partial charge in [-0.05, 0) is 24.5 Å². The number of aromatic nitrogens is 1. The number of pyridine rings is 1. The second-order valence-corrected chi connectivity index (χ2v) is 4.51. The van der Waals surface area contributed by atoms with Gasteiger partial charge in [0.1, 0.15) is 11.6 Å². The van der Waals surface area contributed by atoms with Crippen molar-refractivity contribution in [3.8, 4) is 5.75 Å². The van der Waals surface area contributed by atoms with Gasteiger partial charge in [0.15, 0.2) is 0 Å². The molecule has 2 unspecified atom stereocenters. The summed E-state index contributed by atoms with van der Waals surface area (Å²) >= 11 is 0. The fraction of sp³-hybridized carbons (Fsp3) is 0.583. The predicted octanol–water partition coefficient (Wildman–Crippen LogP) is 1.89. The molecular formula is C12H16F2N2O2. The molecule has 0 aliphatic carbocycles. The first-order valence-corrected chi connectivity index (χ1v) is 5.90. The standard InChI is InChI=1S/C12H16F2N2O2/c1-8-4-5-16(7-10(8)17)11-3-2-9(6-15-11)18-12(13)14/h2-3,6,8,10,12,17H,4-5,7H2,1H3. The third-order valence-electron chi connectivity index (χ3n) is 3.19. The largest absolute Gasteiger partial charge is 0.433 e. The lowest BCUT2D eigenvalue weighted by Crippen LogP contribution is -2.43. The monoisotopic (exact) mass is 258 g/mol. The smallest absolute Gasteiger partial charge is 0.387 e. The molecule has 1 aromatic heterocycles. The quantitative estimate of drug-likeness (QED) is 0.899. The Morgan fingerprint density at radius 1 is 1.50 bits per heavy atom. The number of β-amino-alcohol motifs (C(OH)–C–C–N with tert-alkyl or cyclic N) is 1. The van der Waals surface area contributed by atoms with E-state index < -0.39 is 6.61 Å². The van der Waals surface area contributed by atoms with Gasteiger partial charge in [0.2, 0.25) is 0 Å². The molecule has 2 rings (SSSR count). The molecule has 0 radical (unpaired) electrons. The van der Waals surface area contributed by atoms with Gasteiger partial charge in [-0.3, -0.25) is 0 Å². The molecule has 1 saturated heterocycles. The Morgan fingerprint density at radius 3 is 2.83 bits per heavy atom. The third kappa shape index (κ3) is 3.07. The van der Waals surface area contributed by atoms with Gasteiger partial charge in [0, 0.05) is 13.1 Å². The molecular weight excluding hydrogens is 242 g/mol. The van der Waals surface area contributed by atoms with Crippen LogP contribution in [0, 0.1) is 5.92 Å². The molecule has 1 aromatic rings. The van der Waals surface area contributed by atoms with Gasteiger partial charge in [0.05, 0.1) is 12.3 Å². The first-order valence-electron chi connectivity index (χ1n) is 5.90. The van der Waals surface area contributed by atoms with Crippen LogP contribution in [-0.2, 0) is 0 Å². The molecule has 1 fully saturated rings. The number of ether oxygens (including phenoxy) is 1. The van der Waals surface area contributed by atoms with Gasteiger partial charge in [-0.25, -0.2) is 4.98 Å². The van der Waals surface area contributed by atoms with Gasteiger partial charge in [-0.2, -0.15) is 8.78 Å². The Balaban J connectivity index is 2.01. The second kappa shape index (κ2) is 5.48. The summed E-state index contributed by atoms with van der Waals surface area (Å²) in [7, 11) is 0. The molecule has 18 heavy (non-hydrogen) atoms. The Hall–Kier alpha value is -1.43. The molecule has 1 aliphatic heterocycles. The maximum atomic E-state index is 12.0. The summed E-state index contributed by atoms with van der Waals surface area (Å²) in [6, 6.07) is 3.08. The van der Waals surface area contributed by atoms with E-state index in [0.29, 0.717) is 12.4 Å². The number of anilines is 1. The van der Waals surface area contributed by atoms with Crippen molar-refractivity contribution in [2.45, 2.75) is 26.1 Å². The summed E-state index contributed by atoms with van der Waals surface area (Å²) in [5.74, 6) is 0.991. The van der Waals surface area contributed by atoms with Crippen molar-refractivity contribution in [1.29, 1.82) is 0 Å². The topological polar surface area (TPSA) is 45.6 Å². The van der Waals surface area contributed by atoms with Gasteiger partial charge < -0.3 is 14.7 Å². The summed E-state index contributed by atoms with van der Waals surface area (Å²) in [4.78, 5) is 6.01. The molecule has 4 nitrogen and oxygen atoms in total. The molecule has 1 N–H and O–H groups in total. The SMILES string of the molecule is CC1CCN(c2ccc(OC(F)F)cn2)CC1O. The van der Waals surface area contributed by atoms with Crippen LogP contribution in [0.25, 0.3) is 0 Å². The van der Waals surface area contributed by atoms with Crippen LogP contribution in [0.3, 0.4) is 0 Å². The maximum Gasteiger partial charge on any atom is 0.387 e. The number of hydrogen-bond donors (Lipinski definition) is 1. The van der Waals surface area contributed by atoms with E-state index in [1.54, 1.807) is 6.07 Å². The zero-order chi connectivity index (χ0) is 13.1. The number of alkyl halides is 2. The molecule has 0 bridgehead atoms. The van der Waals surface area contributed by atoms with Crippen LogP contribution in [0.4, 0.5) is 14.6 Å². The van der Waals surface area contributed by atoms with Crippen LogP contribution in [0.1, 0.15) is 13.3 Å².